The third-order valence-electron chi connectivity index (χ3n) is 2.53. The smallest absolute Gasteiger partial charge is 0.215 e. The van der Waals surface area contributed by atoms with Gasteiger partial charge in [-0.05, 0) is 13.0 Å². The molecular formula is C12H16N4O2. The van der Waals surface area contributed by atoms with E-state index in [-0.39, 0.29) is 0 Å². The molecule has 0 saturated carbocycles. The Balaban J connectivity index is 2.20. The summed E-state index contributed by atoms with van der Waals surface area (Å²) in [5.41, 5.74) is 7.33. The molecule has 2 aromatic rings. The van der Waals surface area contributed by atoms with E-state index in [9.17, 15) is 0 Å². The first-order valence-corrected chi connectivity index (χ1v) is 5.54. The molecule has 0 aromatic carbocycles. The highest BCUT2D eigenvalue weighted by Crippen LogP contribution is 2.23. The number of nitrogens with two attached hydrogens (primary N) is 1. The van der Waals surface area contributed by atoms with E-state index >= 15 is 0 Å². The number of methoxy groups -OCH3 is 1. The second-order valence-electron chi connectivity index (χ2n) is 4.05. The monoisotopic (exact) mass is 248 g/mol. The van der Waals surface area contributed by atoms with Gasteiger partial charge in [0.2, 0.25) is 5.88 Å². The molecule has 96 valence electrons. The van der Waals surface area contributed by atoms with Crippen molar-refractivity contribution in [2.75, 3.05) is 24.8 Å². The number of hydrogen-bond acceptors (Lipinski definition) is 6. The number of hydrogen-bond donors (Lipinski definition) is 1. The first-order chi connectivity index (χ1) is 8.60. The molecule has 0 aliphatic heterocycles. The van der Waals surface area contributed by atoms with Crippen LogP contribution in [0.4, 0.5) is 11.5 Å². The van der Waals surface area contributed by atoms with Crippen LogP contribution >= 0.6 is 0 Å². The molecule has 6 nitrogen and oxygen atoms in total. The summed E-state index contributed by atoms with van der Waals surface area (Å²) in [6.07, 6.45) is 0. The van der Waals surface area contributed by atoms with Crippen LogP contribution in [-0.4, -0.2) is 24.3 Å². The highest BCUT2D eigenvalue weighted by atomic mass is 16.5. The van der Waals surface area contributed by atoms with Gasteiger partial charge in [-0.1, -0.05) is 5.16 Å². The van der Waals surface area contributed by atoms with Gasteiger partial charge in [0.1, 0.15) is 11.5 Å². The van der Waals surface area contributed by atoms with Gasteiger partial charge in [0.25, 0.3) is 0 Å². The van der Waals surface area contributed by atoms with Crippen LogP contribution in [0, 0.1) is 6.92 Å². The maximum atomic E-state index is 5.90. The second-order valence-corrected chi connectivity index (χ2v) is 4.05. The van der Waals surface area contributed by atoms with Gasteiger partial charge in [-0.25, -0.2) is 0 Å². The summed E-state index contributed by atoms with van der Waals surface area (Å²) in [4.78, 5) is 6.21. The van der Waals surface area contributed by atoms with Gasteiger partial charge in [-0.3, -0.25) is 0 Å². The first-order valence-electron chi connectivity index (χ1n) is 5.54. The molecule has 2 rings (SSSR count). The number of nitrogen functional groups attached to an aromatic ring is 1. The fourth-order valence-electron chi connectivity index (χ4n) is 1.67. The lowest BCUT2D eigenvalue weighted by Gasteiger charge is -2.18. The largest absolute Gasteiger partial charge is 0.481 e. The van der Waals surface area contributed by atoms with Crippen LogP contribution in [0.3, 0.4) is 0 Å². The quantitative estimate of drug-likeness (QED) is 0.885. The van der Waals surface area contributed by atoms with E-state index in [0.717, 1.165) is 11.5 Å². The van der Waals surface area contributed by atoms with E-state index in [2.05, 4.69) is 10.1 Å². The molecule has 6 heteroatoms. The molecule has 0 saturated heterocycles. The van der Waals surface area contributed by atoms with Crippen LogP contribution < -0.4 is 15.4 Å². The highest BCUT2D eigenvalue weighted by molar-refractivity contribution is 5.63. The predicted octanol–water partition coefficient (Wildman–Crippen LogP) is 1.61. The summed E-state index contributed by atoms with van der Waals surface area (Å²) in [7, 11) is 3.46. The maximum absolute atomic E-state index is 5.90. The van der Waals surface area contributed by atoms with E-state index in [0.29, 0.717) is 23.9 Å². The molecule has 0 radical (unpaired) electrons. The molecule has 0 amide bonds. The molecule has 18 heavy (non-hydrogen) atoms. The van der Waals surface area contributed by atoms with Crippen molar-refractivity contribution in [3.63, 3.8) is 0 Å². The summed E-state index contributed by atoms with van der Waals surface area (Å²) in [6, 6.07) is 5.38. The molecule has 2 aromatic heterocycles. The molecule has 2 N–H and O–H groups in total. The van der Waals surface area contributed by atoms with E-state index < -0.39 is 0 Å². The van der Waals surface area contributed by atoms with Gasteiger partial charge in [-0.15, -0.1) is 0 Å². The van der Waals surface area contributed by atoms with Gasteiger partial charge >= 0.3 is 0 Å². The Morgan fingerprint density at radius 3 is 2.83 bits per heavy atom. The Morgan fingerprint density at radius 1 is 1.44 bits per heavy atom. The van der Waals surface area contributed by atoms with Crippen LogP contribution in [0.1, 0.15) is 11.5 Å². The molecule has 2 heterocycles. The lowest BCUT2D eigenvalue weighted by atomic mass is 10.3. The average molecular weight is 248 g/mol. The molecule has 0 aliphatic carbocycles. The lowest BCUT2D eigenvalue weighted by molar-refractivity contribution is 0.390. The Morgan fingerprint density at radius 2 is 2.22 bits per heavy atom. The number of rotatable bonds is 4. The van der Waals surface area contributed by atoms with Crippen molar-refractivity contribution in [3.8, 4) is 5.88 Å². The SMILES string of the molecule is COc1ccc(N)c(N(C)Cc2cc(C)on2)n1. The Labute approximate surface area is 105 Å². The van der Waals surface area contributed by atoms with E-state index in [4.69, 9.17) is 15.0 Å². The standard InChI is InChI=1S/C12H16N4O2/c1-8-6-9(15-18-8)7-16(2)12-10(13)4-5-11(14-12)17-3/h4-6H,7,13H2,1-3H3. The number of nitrogens with zero attached hydrogens (tertiary/aromatic N) is 3. The van der Waals surface area contributed by atoms with E-state index in [1.165, 1.54) is 0 Å². The Kier molecular flexibility index (Phi) is 3.36. The van der Waals surface area contributed by atoms with Crippen molar-refractivity contribution >= 4 is 11.5 Å². The van der Waals surface area contributed by atoms with E-state index in [1.807, 2.05) is 24.9 Å². The molecule has 0 unspecified atom stereocenters. The third-order valence-corrected chi connectivity index (χ3v) is 2.53. The van der Waals surface area contributed by atoms with Crippen LogP contribution in [0.2, 0.25) is 0 Å². The third kappa shape index (κ3) is 2.53. The van der Waals surface area contributed by atoms with Gasteiger partial charge in [0.15, 0.2) is 5.82 Å². The predicted molar refractivity (Wildman–Crippen MR) is 68.5 cm³/mol. The fraction of sp³-hybridized carbons (Fsp3) is 0.333. The molecule has 0 spiro atoms. The number of aromatic nitrogens is 2. The van der Waals surface area contributed by atoms with Gasteiger partial charge in [-0.2, -0.15) is 4.98 Å². The minimum absolute atomic E-state index is 0.530. The van der Waals surface area contributed by atoms with Crippen molar-refractivity contribution in [1.29, 1.82) is 0 Å². The van der Waals surface area contributed by atoms with Crippen molar-refractivity contribution in [2.45, 2.75) is 13.5 Å². The summed E-state index contributed by atoms with van der Waals surface area (Å²) in [5, 5.41) is 3.94. The number of ether oxygens (including phenoxy) is 1. The van der Waals surface area contributed by atoms with Gasteiger partial charge < -0.3 is 19.9 Å². The van der Waals surface area contributed by atoms with Crippen molar-refractivity contribution < 1.29 is 9.26 Å². The molecule has 0 aliphatic rings. The number of aryl methyl sites for hydroxylation is 1. The second kappa shape index (κ2) is 4.95. The number of anilines is 2. The van der Waals surface area contributed by atoms with Crippen LogP contribution in [0.25, 0.3) is 0 Å². The highest BCUT2D eigenvalue weighted by Gasteiger charge is 2.11. The number of pyridine rings is 1. The zero-order valence-electron chi connectivity index (χ0n) is 10.7. The Bertz CT molecular complexity index is 539. The van der Waals surface area contributed by atoms with Crippen LogP contribution in [0.5, 0.6) is 5.88 Å². The van der Waals surface area contributed by atoms with Crippen molar-refractivity contribution in [3.05, 3.63) is 29.7 Å². The fourth-order valence-corrected chi connectivity index (χ4v) is 1.67. The summed E-state index contributed by atoms with van der Waals surface area (Å²) in [6.45, 7) is 2.43. The van der Waals surface area contributed by atoms with Gasteiger partial charge in [0, 0.05) is 19.2 Å². The van der Waals surface area contributed by atoms with Crippen molar-refractivity contribution in [2.24, 2.45) is 0 Å². The van der Waals surface area contributed by atoms with Crippen LogP contribution in [-0.2, 0) is 6.54 Å². The minimum Gasteiger partial charge on any atom is -0.481 e. The summed E-state index contributed by atoms with van der Waals surface area (Å²) < 4.78 is 10.1. The van der Waals surface area contributed by atoms with Crippen molar-refractivity contribution in [1.82, 2.24) is 10.1 Å². The molecular weight excluding hydrogens is 232 g/mol. The van der Waals surface area contributed by atoms with Gasteiger partial charge in [0.05, 0.1) is 19.3 Å². The topological polar surface area (TPSA) is 77.4 Å². The average Bonchev–Trinajstić information content (AvgIpc) is 2.75. The first kappa shape index (κ1) is 12.2. The lowest BCUT2D eigenvalue weighted by Crippen LogP contribution is -2.19. The zero-order valence-corrected chi connectivity index (χ0v) is 10.7. The molecule has 0 fully saturated rings. The maximum Gasteiger partial charge on any atom is 0.215 e. The minimum atomic E-state index is 0.530. The normalized spacial score (nSPS) is 10.4. The molecule has 0 bridgehead atoms. The van der Waals surface area contributed by atoms with E-state index in [1.54, 1.807) is 19.2 Å². The van der Waals surface area contributed by atoms with Crippen LogP contribution in [0.15, 0.2) is 22.7 Å². The zero-order chi connectivity index (χ0) is 13.1. The Hall–Kier alpha value is -2.24. The summed E-state index contributed by atoms with van der Waals surface area (Å²) in [5.74, 6) is 1.97. The summed E-state index contributed by atoms with van der Waals surface area (Å²) >= 11 is 0. The molecule has 0 atom stereocenters.